The number of benzene rings is 7. The Balaban J connectivity index is 0.000000150. The summed E-state index contributed by atoms with van der Waals surface area (Å²) >= 11 is 6.33. The highest BCUT2D eigenvalue weighted by Gasteiger charge is 2.40. The predicted molar refractivity (Wildman–Crippen MR) is 504 cm³/mol. The molecule has 0 spiro atoms. The normalized spacial score (nSPS) is 14.0. The van der Waals surface area contributed by atoms with Gasteiger partial charge in [-0.3, -0.25) is 44.0 Å². The van der Waals surface area contributed by atoms with Gasteiger partial charge in [0.05, 0.1) is 93.7 Å². The van der Waals surface area contributed by atoms with Crippen molar-refractivity contribution in [1.29, 1.82) is 0 Å². The van der Waals surface area contributed by atoms with Gasteiger partial charge in [0.15, 0.2) is 6.20 Å². The Morgan fingerprint density at radius 2 is 0.830 bits per heavy atom. The Labute approximate surface area is 802 Å². The summed E-state index contributed by atoms with van der Waals surface area (Å²) in [4.78, 5) is 102. The molecule has 0 atom stereocenters. The summed E-state index contributed by atoms with van der Waals surface area (Å²) < 4.78 is 175. The van der Waals surface area contributed by atoms with Crippen LogP contribution in [0.25, 0.3) is 45.0 Å². The zero-order chi connectivity index (χ0) is 101. The van der Waals surface area contributed by atoms with Crippen LogP contribution < -0.4 is 50.0 Å². The van der Waals surface area contributed by atoms with Crippen LogP contribution in [0.3, 0.4) is 0 Å². The van der Waals surface area contributed by atoms with Crippen molar-refractivity contribution >= 4 is 92.2 Å². The molecule has 10 heterocycles. The van der Waals surface area contributed by atoms with Gasteiger partial charge in [0.2, 0.25) is 11.9 Å². The van der Waals surface area contributed by atoms with Gasteiger partial charge in [-0.2, -0.15) is 9.46 Å². The van der Waals surface area contributed by atoms with Crippen LogP contribution in [-0.4, -0.2) is 192 Å². The fraction of sp³-hybridized carbons (Fsp3) is 0.235. The number of aliphatic hydroxyl groups excluding tert-OH is 3. The number of carbonyl (C=O) groups is 4. The molecule has 141 heavy (non-hydrogen) atoms. The Kier molecular flexibility index (Phi) is 32.5. The number of nitrogens with zero attached hydrogens (tertiary/aromatic N) is 16. The van der Waals surface area contributed by atoms with Gasteiger partial charge in [0.25, 0.3) is 23.6 Å². The number of pyridine rings is 1. The minimum absolute atomic E-state index is 0.0132. The van der Waals surface area contributed by atoms with Gasteiger partial charge in [-0.05, 0) is 171 Å². The molecule has 30 nitrogen and oxygen atoms in total. The maximum Gasteiger partial charge on any atom is 0.490 e. The Hall–Kier alpha value is -15.7. The number of methoxy groups -OCH3 is 1. The third-order valence-corrected chi connectivity index (χ3v) is 22.9. The molecular weight excluding hydrogens is 1880 g/mol. The van der Waals surface area contributed by atoms with Gasteiger partial charge in [-0.25, -0.2) is 60.0 Å². The maximum absolute atomic E-state index is 14.9. The van der Waals surface area contributed by atoms with Gasteiger partial charge >= 0.3 is 12.6 Å². The molecule has 5 aromatic heterocycles. The zero-order valence-electron chi connectivity index (χ0n) is 75.9. The second kappa shape index (κ2) is 45.3. The molecule has 7 N–H and O–H groups in total. The number of piperazine rings is 1. The first kappa shape index (κ1) is 101. The number of anilines is 6. The van der Waals surface area contributed by atoms with E-state index in [9.17, 15) is 82.1 Å². The molecule has 1 saturated heterocycles. The summed E-state index contributed by atoms with van der Waals surface area (Å²) in [6, 6.07) is 37.1. The quantitative estimate of drug-likeness (QED) is 0.0169. The van der Waals surface area contributed by atoms with E-state index in [0.717, 1.165) is 75.2 Å². The molecule has 0 radical (unpaired) electrons. The molecule has 0 unspecified atom stereocenters. The van der Waals surface area contributed by atoms with Gasteiger partial charge < -0.3 is 60.8 Å². The fourth-order valence-corrected chi connectivity index (χ4v) is 15.8. The Morgan fingerprint density at radius 1 is 0.454 bits per heavy atom. The lowest BCUT2D eigenvalue weighted by atomic mass is 10.0. The van der Waals surface area contributed by atoms with Gasteiger partial charge in [0, 0.05) is 158 Å². The van der Waals surface area contributed by atoms with Crippen molar-refractivity contribution in [3.8, 4) is 50.8 Å². The van der Waals surface area contributed by atoms with Crippen molar-refractivity contribution in [2.24, 2.45) is 27.0 Å². The van der Waals surface area contributed by atoms with Crippen molar-refractivity contribution in [3.05, 3.63) is 311 Å². The first-order chi connectivity index (χ1) is 67.7. The van der Waals surface area contributed by atoms with Gasteiger partial charge in [0.1, 0.15) is 104 Å². The van der Waals surface area contributed by atoms with Crippen LogP contribution in [0.5, 0.6) is 5.75 Å². The summed E-state index contributed by atoms with van der Waals surface area (Å²) in [5.74, 6) is -4.49. The largest absolute Gasteiger partial charge is 0.490 e. The first-order valence-corrected chi connectivity index (χ1v) is 44.0. The SMILES string of the molecule is CCCN1CCN(c2ccc(NC(=O)C3=CN=C(c4c(-c5ccc(F)cc5)ncn4C(F)(F)F)C3)c(F)c2)CC1.COc1c[n+](C)ccc1NC(=O)C1=CN=C(c2c(-c3ccc(F)cc3)ncn2OC)C1.COn1cnc(-c2ccc(F)cc2)c1C1=NC=C(C(=O)Nc2ccc(CCO)cc2F)C1.O=C(Nc1ccc(N(CCO)CCO)cc1Cl)C1=CN=C(c2c(-c3ccc(F)cc3)ncn2C(F)(F)F)C1. The first-order valence-electron chi connectivity index (χ1n) is 43.6. The monoisotopic (exact) mass is 1970 g/mol. The number of nitrogens with one attached hydrogen (secondary N) is 4. The number of hydrogen-bond donors (Lipinski definition) is 7. The second-order valence-corrected chi connectivity index (χ2v) is 32.3. The van der Waals surface area contributed by atoms with E-state index < -0.39 is 53.6 Å². The summed E-state index contributed by atoms with van der Waals surface area (Å²) in [5.41, 5.74) is 8.23. The standard InChI is InChI=1S/C28H27F5N6O.C25H22ClF4N5O3.C23H20F2N4O3.C22H20FN5O3/c1-2-9-37-10-12-38(13-11-37)21-7-8-23(22(30)15-21)36-27(40)19-14-24(34-16-19)26-25(18-3-5-20(29)6-4-18)35-17-39(26)28(31,32)33;26-19-12-18(34(7-9-36)8-10-37)5-6-20(19)33-24(38)16-11-21(31-13-16)23-22(15-1-3-17(27)4-2-15)32-14-35(23)25(28,29)30;1-32-29-13-27-21(15-3-5-17(24)6-4-15)22(29)20-11-16(12-26-20)23(31)28-19-7-2-14(8-9-30)10-18(19)25;1-27-9-8-17(19(12-27)30-2)26-22(29)15-10-18(24-11-15)21-20(25-13-28(21)31-3)14-4-6-16(23)7-5-14/h3-8,15-17H,2,9-14H2,1H3,(H,36,40);1-6,12-14,36-37H,7-11H2,(H,33,38);2-7,10,12-13,30H,8-9,11H2,1H3,(H,28,31);4-9,11-13H,10H2,1-3H3/p+1. The lowest BCUT2D eigenvalue weighted by Crippen LogP contribution is -2.46. The molecule has 1 fully saturated rings. The molecule has 12 aromatic rings. The zero-order valence-corrected chi connectivity index (χ0v) is 76.6. The number of aryl methyl sites for hydroxylation is 1. The minimum Gasteiger partial charge on any atom is -0.489 e. The molecule has 7 aromatic carbocycles. The van der Waals surface area contributed by atoms with E-state index in [1.807, 2.05) is 17.8 Å². The highest BCUT2D eigenvalue weighted by Crippen LogP contribution is 2.40. The number of ether oxygens (including phenoxy) is 1. The number of aliphatic imine (C=N–C) groups is 4. The van der Waals surface area contributed by atoms with Crippen molar-refractivity contribution in [2.45, 2.75) is 58.0 Å². The predicted octanol–water partition coefficient (Wildman–Crippen LogP) is 15.3. The van der Waals surface area contributed by atoms with Crippen molar-refractivity contribution < 1.29 is 106 Å². The third kappa shape index (κ3) is 24.4. The summed E-state index contributed by atoms with van der Waals surface area (Å²) in [7, 11) is 6.40. The van der Waals surface area contributed by atoms with Crippen molar-refractivity contribution in [2.75, 3.05) is 118 Å². The molecule has 5 aliphatic heterocycles. The fourth-order valence-electron chi connectivity index (χ4n) is 15.6. The third-order valence-electron chi connectivity index (χ3n) is 22.6. The molecule has 0 bridgehead atoms. The van der Waals surface area contributed by atoms with Crippen LogP contribution in [0.2, 0.25) is 5.02 Å². The van der Waals surface area contributed by atoms with Crippen LogP contribution >= 0.6 is 11.6 Å². The van der Waals surface area contributed by atoms with Crippen LogP contribution in [0, 0.1) is 34.9 Å². The average molecular weight is 1970 g/mol. The number of imidazole rings is 4. The molecule has 0 saturated carbocycles. The van der Waals surface area contributed by atoms with Crippen molar-refractivity contribution in [3.63, 3.8) is 0 Å². The molecule has 0 aliphatic carbocycles. The molecule has 17 rings (SSSR count). The molecular formula is C98H90ClF12N20O10+. The molecule has 43 heteroatoms. The smallest absolute Gasteiger partial charge is 0.489 e. The van der Waals surface area contributed by atoms with E-state index >= 15 is 0 Å². The van der Waals surface area contributed by atoms with Crippen LogP contribution in [0.1, 0.15) is 67.4 Å². The number of aromatic nitrogens is 9. The lowest BCUT2D eigenvalue weighted by Gasteiger charge is -2.36. The maximum atomic E-state index is 14.9. The highest BCUT2D eigenvalue weighted by molar-refractivity contribution is 6.34. The van der Waals surface area contributed by atoms with E-state index in [1.54, 1.807) is 78.9 Å². The van der Waals surface area contributed by atoms with Crippen LogP contribution in [-0.2, 0) is 45.2 Å². The number of halogens is 13. The van der Waals surface area contributed by atoms with Crippen molar-refractivity contribution in [1.82, 2.24) is 43.4 Å². The topological polar surface area (TPSA) is 339 Å². The van der Waals surface area contributed by atoms with Gasteiger partial charge in [-0.1, -0.05) is 24.6 Å². The number of hydrogen-bond acceptors (Lipinski definition) is 21. The van der Waals surface area contributed by atoms with Crippen LogP contribution in [0.4, 0.5) is 86.8 Å². The number of carbonyl (C=O) groups excluding carboxylic acids is 4. The number of alkyl halides is 6. The molecule has 732 valence electrons. The van der Waals surface area contributed by atoms with E-state index in [1.165, 1.54) is 128 Å². The highest BCUT2D eigenvalue weighted by atomic mass is 35.5. The Bertz CT molecular complexity index is 6880. The van der Waals surface area contributed by atoms with Gasteiger partial charge in [-0.15, -0.1) is 26.3 Å². The van der Waals surface area contributed by atoms with E-state index in [-0.39, 0.29) is 164 Å². The van der Waals surface area contributed by atoms with E-state index in [4.69, 9.17) is 31.1 Å². The number of amides is 4. The molecule has 4 amide bonds. The number of rotatable bonds is 29. The molecule has 5 aliphatic rings. The lowest BCUT2D eigenvalue weighted by molar-refractivity contribution is -0.671. The second-order valence-electron chi connectivity index (χ2n) is 31.9. The van der Waals surface area contributed by atoms with E-state index in [0.29, 0.717) is 98.4 Å². The minimum atomic E-state index is -4.80. The average Bonchev–Trinajstić information content (AvgIpc) is 1.62. The van der Waals surface area contributed by atoms with E-state index in [2.05, 4.69) is 77.9 Å². The van der Waals surface area contributed by atoms with Crippen LogP contribution in [0.15, 0.2) is 262 Å². The Morgan fingerprint density at radius 3 is 1.20 bits per heavy atom. The summed E-state index contributed by atoms with van der Waals surface area (Å²) in [6.07, 6.45) is 4.93. The number of aliphatic hydroxyl groups is 3. The summed E-state index contributed by atoms with van der Waals surface area (Å²) in [6.45, 7) is 6.66. The summed E-state index contributed by atoms with van der Waals surface area (Å²) in [5, 5.41) is 38.1.